The van der Waals surface area contributed by atoms with Crippen LogP contribution < -0.4 is 5.32 Å². The molecule has 18 heavy (non-hydrogen) atoms. The van der Waals surface area contributed by atoms with Gasteiger partial charge in [-0.2, -0.15) is 0 Å². The first-order valence-electron chi connectivity index (χ1n) is 6.36. The summed E-state index contributed by atoms with van der Waals surface area (Å²) in [6, 6.07) is 8.28. The fraction of sp³-hybridized carbons (Fsp3) is 0.571. The lowest BCUT2D eigenvalue weighted by molar-refractivity contribution is -0.131. The summed E-state index contributed by atoms with van der Waals surface area (Å²) in [4.78, 5) is 0. The van der Waals surface area contributed by atoms with Crippen LogP contribution in [0.3, 0.4) is 0 Å². The normalized spacial score (nSPS) is 26.9. The Bertz CT molecular complexity index is 369. The van der Waals surface area contributed by atoms with Crippen molar-refractivity contribution in [3.05, 3.63) is 34.9 Å². The molecular weight excluding hydrogens is 250 g/mol. The smallest absolute Gasteiger partial charge is 0.0986 e. The molecule has 0 radical (unpaired) electrons. The molecule has 1 fully saturated rings. The zero-order chi connectivity index (χ0) is 13.0. The van der Waals surface area contributed by atoms with E-state index in [0.717, 1.165) is 24.6 Å². The Hall–Kier alpha value is -0.610. The van der Waals surface area contributed by atoms with Crippen molar-refractivity contribution >= 4 is 11.6 Å². The van der Waals surface area contributed by atoms with Crippen molar-refractivity contribution in [2.45, 2.75) is 38.1 Å². The number of halogens is 1. The molecule has 1 saturated carbocycles. The Kier molecular flexibility index (Phi) is 5.01. The van der Waals surface area contributed by atoms with Crippen LogP contribution in [-0.4, -0.2) is 32.0 Å². The summed E-state index contributed by atoms with van der Waals surface area (Å²) in [6.07, 6.45) is 1.42. The Balaban J connectivity index is 1.79. The van der Waals surface area contributed by atoms with Gasteiger partial charge >= 0.3 is 0 Å². The van der Waals surface area contributed by atoms with Gasteiger partial charge in [0.2, 0.25) is 0 Å². The highest BCUT2D eigenvalue weighted by Gasteiger charge is 2.41. The molecule has 4 heteroatoms. The molecule has 1 N–H and O–H groups in total. The van der Waals surface area contributed by atoms with E-state index in [1.54, 1.807) is 7.11 Å². The number of nitrogens with one attached hydrogen (secondary N) is 1. The van der Waals surface area contributed by atoms with Gasteiger partial charge in [-0.1, -0.05) is 23.7 Å². The van der Waals surface area contributed by atoms with Crippen LogP contribution in [0.2, 0.25) is 5.02 Å². The minimum Gasteiger partial charge on any atom is -0.377 e. The first kappa shape index (κ1) is 13.8. The van der Waals surface area contributed by atoms with Gasteiger partial charge in [0, 0.05) is 31.3 Å². The minimum atomic E-state index is 0.164. The standard InChI is InChI=1S/C14H20ClNO2/c1-3-18-13-8-12(14(13)17-2)16-9-10-4-6-11(15)7-5-10/h4-7,12-14,16H,3,8-9H2,1-2H3. The highest BCUT2D eigenvalue weighted by atomic mass is 35.5. The van der Waals surface area contributed by atoms with Gasteiger partial charge < -0.3 is 14.8 Å². The number of benzene rings is 1. The molecule has 0 heterocycles. The number of hydrogen-bond donors (Lipinski definition) is 1. The molecule has 100 valence electrons. The van der Waals surface area contributed by atoms with Crippen LogP contribution in [0.25, 0.3) is 0 Å². The molecule has 1 aliphatic rings. The van der Waals surface area contributed by atoms with Gasteiger partial charge in [0.1, 0.15) is 0 Å². The van der Waals surface area contributed by atoms with Gasteiger partial charge in [0.15, 0.2) is 0 Å². The van der Waals surface area contributed by atoms with Gasteiger partial charge in [-0.25, -0.2) is 0 Å². The van der Waals surface area contributed by atoms with Crippen molar-refractivity contribution in [1.82, 2.24) is 5.32 Å². The number of rotatable bonds is 6. The van der Waals surface area contributed by atoms with E-state index in [1.165, 1.54) is 5.56 Å². The highest BCUT2D eigenvalue weighted by Crippen LogP contribution is 2.27. The molecule has 3 nitrogen and oxygen atoms in total. The Morgan fingerprint density at radius 2 is 2.06 bits per heavy atom. The lowest BCUT2D eigenvalue weighted by Gasteiger charge is -2.43. The molecule has 1 aliphatic carbocycles. The maximum absolute atomic E-state index is 5.86. The van der Waals surface area contributed by atoms with Crippen LogP contribution in [0.4, 0.5) is 0 Å². The zero-order valence-electron chi connectivity index (χ0n) is 10.9. The summed E-state index contributed by atoms with van der Waals surface area (Å²) in [6.45, 7) is 3.59. The van der Waals surface area contributed by atoms with Gasteiger partial charge in [-0.15, -0.1) is 0 Å². The van der Waals surface area contributed by atoms with E-state index in [0.29, 0.717) is 6.04 Å². The van der Waals surface area contributed by atoms with Crippen LogP contribution in [0, 0.1) is 0 Å². The van der Waals surface area contributed by atoms with Crippen molar-refractivity contribution in [1.29, 1.82) is 0 Å². The molecule has 0 spiro atoms. The van der Waals surface area contributed by atoms with Crippen LogP contribution >= 0.6 is 11.6 Å². The molecule has 0 aromatic heterocycles. The van der Waals surface area contributed by atoms with E-state index >= 15 is 0 Å². The Morgan fingerprint density at radius 3 is 2.67 bits per heavy atom. The molecular formula is C14H20ClNO2. The largest absolute Gasteiger partial charge is 0.377 e. The van der Waals surface area contributed by atoms with Crippen LogP contribution in [0.5, 0.6) is 0 Å². The molecule has 2 rings (SSSR count). The van der Waals surface area contributed by atoms with E-state index in [1.807, 2.05) is 31.2 Å². The molecule has 3 unspecified atom stereocenters. The van der Waals surface area contributed by atoms with Crippen molar-refractivity contribution in [2.75, 3.05) is 13.7 Å². The van der Waals surface area contributed by atoms with Crippen molar-refractivity contribution in [2.24, 2.45) is 0 Å². The van der Waals surface area contributed by atoms with Crippen LogP contribution in [0.1, 0.15) is 18.9 Å². The van der Waals surface area contributed by atoms with Gasteiger partial charge in [0.25, 0.3) is 0 Å². The second-order valence-electron chi connectivity index (χ2n) is 4.54. The fourth-order valence-electron chi connectivity index (χ4n) is 2.33. The predicted molar refractivity (Wildman–Crippen MR) is 72.9 cm³/mol. The first-order valence-corrected chi connectivity index (χ1v) is 6.74. The third-order valence-electron chi connectivity index (χ3n) is 3.38. The van der Waals surface area contributed by atoms with Gasteiger partial charge in [-0.05, 0) is 31.0 Å². The molecule has 3 atom stereocenters. The summed E-state index contributed by atoms with van der Waals surface area (Å²) >= 11 is 5.86. The molecule has 1 aromatic rings. The third-order valence-corrected chi connectivity index (χ3v) is 3.64. The van der Waals surface area contributed by atoms with Crippen molar-refractivity contribution in [3.8, 4) is 0 Å². The van der Waals surface area contributed by atoms with E-state index in [2.05, 4.69) is 5.32 Å². The molecule has 0 amide bonds. The average molecular weight is 270 g/mol. The van der Waals surface area contributed by atoms with E-state index < -0.39 is 0 Å². The maximum Gasteiger partial charge on any atom is 0.0986 e. The summed E-state index contributed by atoms with van der Waals surface area (Å²) in [5.74, 6) is 0. The second kappa shape index (κ2) is 6.53. The molecule has 0 saturated heterocycles. The van der Waals surface area contributed by atoms with Gasteiger partial charge in [-0.3, -0.25) is 0 Å². The fourth-order valence-corrected chi connectivity index (χ4v) is 2.45. The number of hydrogen-bond acceptors (Lipinski definition) is 3. The van der Waals surface area contributed by atoms with E-state index in [9.17, 15) is 0 Å². The summed E-state index contributed by atoms with van der Waals surface area (Å²) in [7, 11) is 1.74. The highest BCUT2D eigenvalue weighted by molar-refractivity contribution is 6.30. The van der Waals surface area contributed by atoms with Crippen molar-refractivity contribution in [3.63, 3.8) is 0 Å². The van der Waals surface area contributed by atoms with Crippen molar-refractivity contribution < 1.29 is 9.47 Å². The lowest BCUT2D eigenvalue weighted by atomic mass is 9.85. The Morgan fingerprint density at radius 1 is 1.33 bits per heavy atom. The van der Waals surface area contributed by atoms with E-state index in [-0.39, 0.29) is 12.2 Å². The third kappa shape index (κ3) is 3.23. The molecule has 1 aromatic carbocycles. The Labute approximate surface area is 113 Å². The van der Waals surface area contributed by atoms with Gasteiger partial charge in [0.05, 0.1) is 12.2 Å². The monoisotopic (exact) mass is 269 g/mol. The predicted octanol–water partition coefficient (Wildman–Crippen LogP) is 2.62. The number of methoxy groups -OCH3 is 1. The first-order chi connectivity index (χ1) is 8.74. The topological polar surface area (TPSA) is 30.5 Å². The summed E-state index contributed by atoms with van der Waals surface area (Å²) in [5.41, 5.74) is 1.23. The van der Waals surface area contributed by atoms with Crippen LogP contribution in [0.15, 0.2) is 24.3 Å². The summed E-state index contributed by atoms with van der Waals surface area (Å²) < 4.78 is 11.1. The second-order valence-corrected chi connectivity index (χ2v) is 4.98. The minimum absolute atomic E-state index is 0.164. The van der Waals surface area contributed by atoms with Crippen LogP contribution in [-0.2, 0) is 16.0 Å². The molecule has 0 bridgehead atoms. The van der Waals surface area contributed by atoms with E-state index in [4.69, 9.17) is 21.1 Å². The SMILES string of the molecule is CCOC1CC(NCc2ccc(Cl)cc2)C1OC. The summed E-state index contributed by atoms with van der Waals surface area (Å²) in [5, 5.41) is 4.27. The quantitative estimate of drug-likeness (QED) is 0.861. The average Bonchev–Trinajstić information content (AvgIpc) is 2.35. The lowest BCUT2D eigenvalue weighted by Crippen LogP contribution is -2.59. The number of ether oxygens (including phenoxy) is 2. The maximum atomic E-state index is 5.86. The molecule has 0 aliphatic heterocycles. The zero-order valence-corrected chi connectivity index (χ0v) is 11.6.